The van der Waals surface area contributed by atoms with Gasteiger partial charge >= 0.3 is 0 Å². The zero-order chi connectivity index (χ0) is 17.1. The van der Waals surface area contributed by atoms with Crippen LogP contribution in [0.3, 0.4) is 0 Å². The second kappa shape index (κ2) is 6.85. The van der Waals surface area contributed by atoms with Crippen LogP contribution in [0.2, 0.25) is 0 Å². The van der Waals surface area contributed by atoms with Crippen LogP contribution in [-0.4, -0.2) is 11.4 Å². The van der Waals surface area contributed by atoms with Crippen LogP contribution in [-0.2, 0) is 11.2 Å². The lowest BCUT2D eigenvalue weighted by molar-refractivity contribution is -0.131. The van der Waals surface area contributed by atoms with E-state index in [1.807, 2.05) is 53.7 Å². The molecule has 0 saturated heterocycles. The predicted octanol–water partition coefficient (Wildman–Crippen LogP) is 5.29. The van der Waals surface area contributed by atoms with Gasteiger partial charge in [0.05, 0.1) is 0 Å². The van der Waals surface area contributed by atoms with Crippen LogP contribution in [0.5, 0.6) is 5.75 Å². The molecule has 0 heterocycles. The van der Waals surface area contributed by atoms with Gasteiger partial charge in [0.2, 0.25) is 0 Å². The van der Waals surface area contributed by atoms with E-state index in [-0.39, 0.29) is 16.9 Å². The molecular weight excluding hydrogens is 272 g/mol. The average molecular weight is 304 g/mol. The lowest BCUT2D eigenvalue weighted by Crippen LogP contribution is -2.33. The van der Waals surface area contributed by atoms with E-state index >= 15 is 0 Å². The number of hydrogen-bond acceptors (Lipinski definition) is 2. The minimum atomic E-state index is -0.287. The second-order valence-electron chi connectivity index (χ2n) is 8.53. The summed E-state index contributed by atoms with van der Waals surface area (Å²) in [5, 5.41) is 0. The Morgan fingerprint density at radius 3 is 1.86 bits per heavy atom. The van der Waals surface area contributed by atoms with Crippen molar-refractivity contribution in [3.8, 4) is 5.75 Å². The zero-order valence-electron chi connectivity index (χ0n) is 15.5. The summed E-state index contributed by atoms with van der Waals surface area (Å²) >= 11 is 0. The predicted molar refractivity (Wildman–Crippen MR) is 93.3 cm³/mol. The Morgan fingerprint density at radius 1 is 1.00 bits per heavy atom. The molecule has 0 amide bonds. The van der Waals surface area contributed by atoms with Crippen LogP contribution in [0.25, 0.3) is 0 Å². The largest absolute Gasteiger partial charge is 0.488 e. The first-order chi connectivity index (χ1) is 9.90. The van der Waals surface area contributed by atoms with E-state index in [9.17, 15) is 4.79 Å². The number of rotatable bonds is 5. The molecule has 1 aromatic carbocycles. The average Bonchev–Trinajstić information content (AvgIpc) is 2.33. The molecule has 22 heavy (non-hydrogen) atoms. The first-order valence-electron chi connectivity index (χ1n) is 8.22. The van der Waals surface area contributed by atoms with Gasteiger partial charge < -0.3 is 4.74 Å². The Morgan fingerprint density at radius 2 is 1.50 bits per heavy atom. The first-order valence-corrected chi connectivity index (χ1v) is 8.22. The monoisotopic (exact) mass is 304 g/mol. The number of Topliss-reactive ketones (excluding diaryl/α,β-unsaturated/α-hetero) is 1. The van der Waals surface area contributed by atoms with Crippen molar-refractivity contribution >= 4 is 5.78 Å². The summed E-state index contributed by atoms with van der Waals surface area (Å²) < 4.78 is 5.84. The topological polar surface area (TPSA) is 26.3 Å². The molecule has 1 rings (SSSR count). The van der Waals surface area contributed by atoms with Gasteiger partial charge in [-0.1, -0.05) is 46.8 Å². The number of ketones is 1. The third-order valence-electron chi connectivity index (χ3n) is 3.68. The van der Waals surface area contributed by atoms with Crippen molar-refractivity contribution in [1.29, 1.82) is 0 Å². The van der Waals surface area contributed by atoms with E-state index in [1.165, 1.54) is 5.56 Å². The molecule has 0 aliphatic carbocycles. The summed E-state index contributed by atoms with van der Waals surface area (Å²) in [5.74, 6) is 1.63. The Labute approximate surface area is 136 Å². The SMILES string of the molecule is CC(C)[C@@H](Cc1ccc(OC(C)(C)C)cc1)C(=O)C(C)(C)C. The van der Waals surface area contributed by atoms with Gasteiger partial charge in [-0.25, -0.2) is 0 Å². The Bertz CT molecular complexity index is 484. The van der Waals surface area contributed by atoms with Gasteiger partial charge in [0, 0.05) is 11.3 Å². The summed E-state index contributed by atoms with van der Waals surface area (Å²) in [6.07, 6.45) is 0.795. The molecule has 0 fully saturated rings. The molecule has 0 aliphatic heterocycles. The molecule has 0 bridgehead atoms. The molecule has 0 aromatic heterocycles. The van der Waals surface area contributed by atoms with E-state index in [0.29, 0.717) is 11.7 Å². The van der Waals surface area contributed by atoms with Crippen LogP contribution in [0, 0.1) is 17.3 Å². The van der Waals surface area contributed by atoms with E-state index in [1.54, 1.807) is 0 Å². The summed E-state index contributed by atoms with van der Waals surface area (Å²) in [5.41, 5.74) is 0.714. The molecule has 0 aliphatic rings. The Balaban J connectivity index is 2.85. The van der Waals surface area contributed by atoms with Crippen molar-refractivity contribution in [3.63, 3.8) is 0 Å². The highest BCUT2D eigenvalue weighted by atomic mass is 16.5. The highest BCUT2D eigenvalue weighted by molar-refractivity contribution is 5.86. The van der Waals surface area contributed by atoms with Crippen LogP contribution in [0.15, 0.2) is 24.3 Å². The zero-order valence-corrected chi connectivity index (χ0v) is 15.5. The maximum absolute atomic E-state index is 12.6. The summed E-state index contributed by atoms with van der Waals surface area (Å²) in [6, 6.07) is 8.15. The van der Waals surface area contributed by atoms with Crippen LogP contribution in [0.4, 0.5) is 0 Å². The summed E-state index contributed by atoms with van der Waals surface area (Å²) in [6.45, 7) is 16.4. The van der Waals surface area contributed by atoms with Gasteiger partial charge in [0.15, 0.2) is 0 Å². The van der Waals surface area contributed by atoms with Crippen molar-refractivity contribution in [2.45, 2.75) is 67.4 Å². The lowest BCUT2D eigenvalue weighted by Gasteiger charge is -2.27. The molecule has 0 N–H and O–H groups in total. The van der Waals surface area contributed by atoms with Crippen molar-refractivity contribution in [1.82, 2.24) is 0 Å². The molecule has 0 unspecified atom stereocenters. The molecule has 2 heteroatoms. The number of carbonyl (C=O) groups is 1. The van der Waals surface area contributed by atoms with E-state index < -0.39 is 0 Å². The fourth-order valence-corrected chi connectivity index (χ4v) is 2.49. The van der Waals surface area contributed by atoms with Crippen LogP contribution in [0.1, 0.15) is 61.0 Å². The Kier molecular flexibility index (Phi) is 5.83. The van der Waals surface area contributed by atoms with Crippen LogP contribution < -0.4 is 4.74 Å². The fraction of sp³-hybridized carbons (Fsp3) is 0.650. The Hall–Kier alpha value is -1.31. The van der Waals surface area contributed by atoms with Crippen molar-refractivity contribution in [2.24, 2.45) is 17.3 Å². The summed E-state index contributed by atoms with van der Waals surface area (Å²) in [4.78, 5) is 12.6. The highest BCUT2D eigenvalue weighted by Crippen LogP contribution is 2.28. The minimum absolute atomic E-state index is 0.0642. The van der Waals surface area contributed by atoms with Gasteiger partial charge in [-0.3, -0.25) is 4.79 Å². The molecule has 1 atom stereocenters. The van der Waals surface area contributed by atoms with Crippen LogP contribution >= 0.6 is 0 Å². The number of hydrogen-bond donors (Lipinski definition) is 0. The second-order valence-corrected chi connectivity index (χ2v) is 8.53. The number of benzene rings is 1. The third-order valence-corrected chi connectivity index (χ3v) is 3.68. The molecule has 1 aromatic rings. The maximum atomic E-state index is 12.6. The van der Waals surface area contributed by atoms with Gasteiger partial charge in [-0.15, -0.1) is 0 Å². The molecule has 0 radical (unpaired) electrons. The van der Waals surface area contributed by atoms with Crippen molar-refractivity contribution in [2.75, 3.05) is 0 Å². The standard InChI is InChI=1S/C20H32O2/c1-14(2)17(18(21)19(3,4)5)13-15-9-11-16(12-10-15)22-20(6,7)8/h9-12,14,17H,13H2,1-8H3/t17-/m1/s1. The van der Waals surface area contributed by atoms with Gasteiger partial charge in [-0.05, 0) is 50.8 Å². The van der Waals surface area contributed by atoms with E-state index in [2.05, 4.69) is 26.0 Å². The minimum Gasteiger partial charge on any atom is -0.488 e. The first kappa shape index (κ1) is 18.7. The molecular formula is C20H32O2. The summed E-state index contributed by atoms with van der Waals surface area (Å²) in [7, 11) is 0. The number of ether oxygens (including phenoxy) is 1. The smallest absolute Gasteiger partial charge is 0.141 e. The molecule has 0 spiro atoms. The van der Waals surface area contributed by atoms with Gasteiger partial charge in [-0.2, -0.15) is 0 Å². The highest BCUT2D eigenvalue weighted by Gasteiger charge is 2.31. The third kappa shape index (κ3) is 5.82. The molecule has 124 valence electrons. The van der Waals surface area contributed by atoms with E-state index in [4.69, 9.17) is 4.74 Å². The quantitative estimate of drug-likeness (QED) is 0.738. The van der Waals surface area contributed by atoms with Gasteiger partial charge in [0.1, 0.15) is 17.1 Å². The lowest BCUT2D eigenvalue weighted by atomic mass is 9.75. The molecule has 0 saturated carbocycles. The van der Waals surface area contributed by atoms with Gasteiger partial charge in [0.25, 0.3) is 0 Å². The normalized spacial score (nSPS) is 14.0. The van der Waals surface area contributed by atoms with Crippen molar-refractivity contribution in [3.05, 3.63) is 29.8 Å². The fourth-order valence-electron chi connectivity index (χ4n) is 2.49. The van der Waals surface area contributed by atoms with E-state index in [0.717, 1.165) is 12.2 Å². The number of carbonyl (C=O) groups excluding carboxylic acids is 1. The van der Waals surface area contributed by atoms with Crippen molar-refractivity contribution < 1.29 is 9.53 Å². The maximum Gasteiger partial charge on any atom is 0.141 e. The molecule has 2 nitrogen and oxygen atoms in total.